The Hall–Kier alpha value is -2.66. The van der Waals surface area contributed by atoms with Crippen molar-refractivity contribution < 1.29 is 27.8 Å². The SMILES string of the molecule is Cc1cc2nc3c(cc2[nH]c1=O)CN1CCNC[C@H]1CCO3.O=C(O)C(F)(F)F. The van der Waals surface area contributed by atoms with Gasteiger partial charge in [0.2, 0.25) is 5.88 Å². The minimum atomic E-state index is -5.08. The van der Waals surface area contributed by atoms with Gasteiger partial charge in [-0.05, 0) is 25.5 Å². The molecule has 0 bridgehead atoms. The molecule has 1 saturated heterocycles. The summed E-state index contributed by atoms with van der Waals surface area (Å²) in [6, 6.07) is 4.35. The van der Waals surface area contributed by atoms with Gasteiger partial charge in [0.25, 0.3) is 5.56 Å². The largest absolute Gasteiger partial charge is 0.490 e. The number of aliphatic carboxylic acids is 1. The van der Waals surface area contributed by atoms with Gasteiger partial charge in [0.05, 0.1) is 17.6 Å². The number of pyridine rings is 2. The van der Waals surface area contributed by atoms with E-state index < -0.39 is 12.1 Å². The number of alkyl halides is 3. The van der Waals surface area contributed by atoms with Crippen LogP contribution in [0.3, 0.4) is 0 Å². The second-order valence-electron chi connectivity index (χ2n) is 6.94. The van der Waals surface area contributed by atoms with E-state index in [0.717, 1.165) is 49.2 Å². The van der Waals surface area contributed by atoms with Crippen LogP contribution in [0.15, 0.2) is 16.9 Å². The highest BCUT2D eigenvalue weighted by Gasteiger charge is 2.38. The standard InChI is InChI=1S/C16H20N4O2.C2HF3O2/c1-10-6-13-14(18-15(10)21)7-11-9-20-4-3-17-8-12(20)2-5-22-16(11)19-13;3-2(4,5)1(6)7/h6-7,12,17H,2-5,8-9H2,1H3,(H,18,21);(H,6,7)/t12-;/m1./s1. The Balaban J connectivity index is 0.000000298. The molecular formula is C18H21F3N4O4. The smallest absolute Gasteiger partial charge is 0.477 e. The Bertz CT molecular complexity index is 960. The van der Waals surface area contributed by atoms with Gasteiger partial charge >= 0.3 is 12.1 Å². The van der Waals surface area contributed by atoms with Crippen LogP contribution in [0.2, 0.25) is 0 Å². The lowest BCUT2D eigenvalue weighted by Crippen LogP contribution is -2.51. The Morgan fingerprint density at radius 1 is 1.38 bits per heavy atom. The molecular weight excluding hydrogens is 393 g/mol. The normalized spacial score (nSPS) is 19.7. The van der Waals surface area contributed by atoms with Gasteiger partial charge in [0.15, 0.2) is 0 Å². The Morgan fingerprint density at radius 2 is 2.10 bits per heavy atom. The number of aryl methyl sites for hydroxylation is 1. The number of piperazine rings is 1. The second kappa shape index (κ2) is 8.37. The fourth-order valence-electron chi connectivity index (χ4n) is 3.30. The molecule has 4 rings (SSSR count). The van der Waals surface area contributed by atoms with Crippen LogP contribution in [-0.4, -0.2) is 64.4 Å². The van der Waals surface area contributed by atoms with Crippen molar-refractivity contribution in [1.29, 1.82) is 0 Å². The molecule has 1 fully saturated rings. The number of carboxylic acid groups (broad SMARTS) is 1. The molecule has 11 heteroatoms. The number of H-pyrrole nitrogens is 1. The molecule has 2 aliphatic rings. The summed E-state index contributed by atoms with van der Waals surface area (Å²) in [4.78, 5) is 30.7. The molecule has 8 nitrogen and oxygen atoms in total. The van der Waals surface area contributed by atoms with Crippen molar-refractivity contribution >= 4 is 17.0 Å². The highest BCUT2D eigenvalue weighted by Crippen LogP contribution is 2.26. The summed E-state index contributed by atoms with van der Waals surface area (Å²) >= 11 is 0. The van der Waals surface area contributed by atoms with E-state index in [1.807, 2.05) is 12.1 Å². The molecule has 4 heterocycles. The van der Waals surface area contributed by atoms with Gasteiger partial charge in [-0.15, -0.1) is 0 Å². The van der Waals surface area contributed by atoms with E-state index in [1.165, 1.54) is 0 Å². The number of carboxylic acids is 1. The van der Waals surface area contributed by atoms with E-state index in [0.29, 0.717) is 24.1 Å². The van der Waals surface area contributed by atoms with Crippen molar-refractivity contribution in [3.8, 4) is 5.88 Å². The first-order valence-corrected chi connectivity index (χ1v) is 9.06. The minimum Gasteiger partial charge on any atom is -0.477 e. The van der Waals surface area contributed by atoms with E-state index in [9.17, 15) is 18.0 Å². The van der Waals surface area contributed by atoms with E-state index >= 15 is 0 Å². The van der Waals surface area contributed by atoms with Crippen molar-refractivity contribution in [2.24, 2.45) is 0 Å². The Labute approximate surface area is 163 Å². The number of hydrogen-bond acceptors (Lipinski definition) is 6. The number of nitrogens with zero attached hydrogens (tertiary/aromatic N) is 2. The van der Waals surface area contributed by atoms with Gasteiger partial charge in [0.1, 0.15) is 0 Å². The summed E-state index contributed by atoms with van der Waals surface area (Å²) in [6.07, 6.45) is -4.07. The fraction of sp³-hybridized carbons (Fsp3) is 0.500. The van der Waals surface area contributed by atoms with E-state index in [-0.39, 0.29) is 5.56 Å². The van der Waals surface area contributed by atoms with E-state index in [2.05, 4.69) is 20.2 Å². The van der Waals surface area contributed by atoms with E-state index in [1.54, 1.807) is 6.92 Å². The zero-order chi connectivity index (χ0) is 21.2. The lowest BCUT2D eigenvalue weighted by Gasteiger charge is -2.37. The number of fused-ring (bicyclic) bond motifs is 3. The summed E-state index contributed by atoms with van der Waals surface area (Å²) in [6.45, 7) is 6.35. The average molecular weight is 414 g/mol. The lowest BCUT2D eigenvalue weighted by molar-refractivity contribution is -0.192. The quantitative estimate of drug-likeness (QED) is 0.599. The van der Waals surface area contributed by atoms with Crippen LogP contribution >= 0.6 is 0 Å². The topological polar surface area (TPSA) is 108 Å². The molecule has 2 aromatic rings. The molecule has 2 aliphatic heterocycles. The number of hydrogen-bond donors (Lipinski definition) is 3. The molecule has 3 N–H and O–H groups in total. The van der Waals surface area contributed by atoms with Crippen molar-refractivity contribution in [2.45, 2.75) is 32.1 Å². The van der Waals surface area contributed by atoms with Crippen molar-refractivity contribution in [3.05, 3.63) is 33.6 Å². The van der Waals surface area contributed by atoms with Crippen LogP contribution in [0.1, 0.15) is 17.5 Å². The first-order valence-electron chi connectivity index (χ1n) is 9.06. The second-order valence-corrected chi connectivity index (χ2v) is 6.94. The molecule has 0 unspecified atom stereocenters. The third-order valence-electron chi connectivity index (χ3n) is 4.83. The number of carbonyl (C=O) groups is 1. The van der Waals surface area contributed by atoms with Gasteiger partial charge in [-0.2, -0.15) is 13.2 Å². The third kappa shape index (κ3) is 5.04. The predicted molar refractivity (Wildman–Crippen MR) is 98.0 cm³/mol. The molecule has 0 amide bonds. The van der Waals surface area contributed by atoms with Crippen molar-refractivity contribution in [2.75, 3.05) is 26.2 Å². The highest BCUT2D eigenvalue weighted by atomic mass is 19.4. The summed E-state index contributed by atoms with van der Waals surface area (Å²) in [5.41, 5.74) is 3.24. The molecule has 0 radical (unpaired) electrons. The molecule has 0 aliphatic carbocycles. The Morgan fingerprint density at radius 3 is 2.79 bits per heavy atom. The van der Waals surface area contributed by atoms with Crippen LogP contribution in [0.4, 0.5) is 13.2 Å². The minimum absolute atomic E-state index is 0.0546. The summed E-state index contributed by atoms with van der Waals surface area (Å²) < 4.78 is 37.6. The van der Waals surface area contributed by atoms with Crippen LogP contribution in [0.25, 0.3) is 11.0 Å². The van der Waals surface area contributed by atoms with Crippen molar-refractivity contribution in [3.63, 3.8) is 0 Å². The molecule has 0 aromatic carbocycles. The molecule has 0 saturated carbocycles. The lowest BCUT2D eigenvalue weighted by atomic mass is 10.1. The maximum atomic E-state index is 11.8. The monoisotopic (exact) mass is 414 g/mol. The van der Waals surface area contributed by atoms with Crippen LogP contribution in [0.5, 0.6) is 5.88 Å². The molecule has 2 aromatic heterocycles. The van der Waals surface area contributed by atoms with Crippen LogP contribution < -0.4 is 15.6 Å². The van der Waals surface area contributed by atoms with Crippen LogP contribution in [0, 0.1) is 6.92 Å². The maximum absolute atomic E-state index is 11.8. The first-order chi connectivity index (χ1) is 13.6. The molecule has 1 atom stereocenters. The summed E-state index contributed by atoms with van der Waals surface area (Å²) in [5.74, 6) is -2.05. The number of nitrogens with one attached hydrogen (secondary N) is 2. The molecule has 29 heavy (non-hydrogen) atoms. The number of aromatic amines is 1. The van der Waals surface area contributed by atoms with Gasteiger partial charge in [0, 0.05) is 43.3 Å². The third-order valence-corrected chi connectivity index (χ3v) is 4.83. The number of ether oxygens (including phenoxy) is 1. The van der Waals surface area contributed by atoms with Gasteiger partial charge in [-0.1, -0.05) is 0 Å². The molecule has 0 spiro atoms. The molecule has 158 valence electrons. The Kier molecular flexibility index (Phi) is 6.08. The zero-order valence-corrected chi connectivity index (χ0v) is 15.7. The van der Waals surface area contributed by atoms with Crippen LogP contribution in [-0.2, 0) is 11.3 Å². The van der Waals surface area contributed by atoms with Gasteiger partial charge in [-0.3, -0.25) is 9.69 Å². The van der Waals surface area contributed by atoms with Gasteiger partial charge < -0.3 is 20.1 Å². The highest BCUT2D eigenvalue weighted by molar-refractivity contribution is 5.76. The average Bonchev–Trinajstić information content (AvgIpc) is 2.63. The zero-order valence-electron chi connectivity index (χ0n) is 15.7. The summed E-state index contributed by atoms with van der Waals surface area (Å²) in [5, 5.41) is 10.6. The predicted octanol–water partition coefficient (Wildman–Crippen LogP) is 1.42. The number of halogens is 3. The summed E-state index contributed by atoms with van der Waals surface area (Å²) in [7, 11) is 0. The van der Waals surface area contributed by atoms with Crippen molar-refractivity contribution in [1.82, 2.24) is 20.2 Å². The number of rotatable bonds is 0. The van der Waals surface area contributed by atoms with E-state index in [4.69, 9.17) is 14.6 Å². The van der Waals surface area contributed by atoms with Gasteiger partial charge in [-0.25, -0.2) is 9.78 Å². The first kappa shape index (κ1) is 21.1. The fourth-order valence-corrected chi connectivity index (χ4v) is 3.30. The number of aromatic nitrogens is 2. The maximum Gasteiger partial charge on any atom is 0.490 e.